The highest BCUT2D eigenvalue weighted by atomic mass is 16.5. The van der Waals surface area contributed by atoms with Gasteiger partial charge in [-0.2, -0.15) is 0 Å². The van der Waals surface area contributed by atoms with Gasteiger partial charge in [-0.3, -0.25) is 4.79 Å². The molecule has 5 nitrogen and oxygen atoms in total. The van der Waals surface area contributed by atoms with Crippen LogP contribution in [0.15, 0.2) is 66.9 Å². The average molecular weight is 376 g/mol. The van der Waals surface area contributed by atoms with Gasteiger partial charge in [0.1, 0.15) is 0 Å². The minimum Gasteiger partial charge on any atom is -0.493 e. The first-order valence-corrected chi connectivity index (χ1v) is 9.44. The van der Waals surface area contributed by atoms with E-state index in [-0.39, 0.29) is 18.6 Å². The number of amides is 1. The summed E-state index contributed by atoms with van der Waals surface area (Å²) in [7, 11) is 1.60. The predicted molar refractivity (Wildman–Crippen MR) is 108 cm³/mol. The Morgan fingerprint density at radius 2 is 1.86 bits per heavy atom. The van der Waals surface area contributed by atoms with E-state index in [1.807, 2.05) is 54.3 Å². The number of hydrogen-bond acceptors (Lipinski definition) is 3. The van der Waals surface area contributed by atoms with Crippen LogP contribution in [-0.4, -0.2) is 35.6 Å². The highest BCUT2D eigenvalue weighted by Crippen LogP contribution is 2.33. The van der Waals surface area contributed by atoms with Crippen LogP contribution in [0.1, 0.15) is 22.9 Å². The zero-order chi connectivity index (χ0) is 19.5. The lowest BCUT2D eigenvalue weighted by Gasteiger charge is -2.37. The van der Waals surface area contributed by atoms with Crippen molar-refractivity contribution in [1.29, 1.82) is 0 Å². The molecule has 0 saturated carbocycles. The van der Waals surface area contributed by atoms with Gasteiger partial charge in [-0.15, -0.1) is 0 Å². The van der Waals surface area contributed by atoms with Gasteiger partial charge in [-0.25, -0.2) is 0 Å². The summed E-state index contributed by atoms with van der Waals surface area (Å²) >= 11 is 0. The Balaban J connectivity index is 1.56. The number of aromatic nitrogens is 1. The minimum absolute atomic E-state index is 0.0243. The van der Waals surface area contributed by atoms with Crippen LogP contribution >= 0.6 is 0 Å². The number of nitrogens with zero attached hydrogens (tertiary/aromatic N) is 2. The third-order valence-corrected chi connectivity index (χ3v) is 5.14. The molecule has 0 spiro atoms. The second kappa shape index (κ2) is 7.80. The van der Waals surface area contributed by atoms with Crippen molar-refractivity contribution in [2.24, 2.45) is 0 Å². The molecule has 2 aromatic carbocycles. The summed E-state index contributed by atoms with van der Waals surface area (Å²) in [5, 5.41) is 0. The zero-order valence-electron chi connectivity index (χ0n) is 16.2. The third-order valence-electron chi connectivity index (χ3n) is 5.14. The standard InChI is InChI=1S/C23H24N2O3/c1-17-10-11-20(21(15-17)27-2)28-16-22(26)25-14-13-24-12-6-9-19(24)23(25)18-7-4-3-5-8-18/h3-12,15,23H,13-14,16H2,1-2H3. The number of fused-ring (bicyclic) bond motifs is 1. The van der Waals surface area contributed by atoms with Gasteiger partial charge in [0.05, 0.1) is 13.2 Å². The maximum absolute atomic E-state index is 13.1. The molecule has 1 aromatic heterocycles. The second-order valence-electron chi connectivity index (χ2n) is 6.97. The van der Waals surface area contributed by atoms with Gasteiger partial charge in [0.15, 0.2) is 18.1 Å². The molecule has 0 bridgehead atoms. The first-order chi connectivity index (χ1) is 13.7. The Morgan fingerprint density at radius 3 is 2.64 bits per heavy atom. The Kier molecular flexibility index (Phi) is 5.06. The van der Waals surface area contributed by atoms with Crippen LogP contribution in [-0.2, 0) is 11.3 Å². The molecule has 0 fully saturated rings. The van der Waals surface area contributed by atoms with E-state index in [0.717, 1.165) is 23.4 Å². The van der Waals surface area contributed by atoms with Gasteiger partial charge >= 0.3 is 0 Å². The molecule has 28 heavy (non-hydrogen) atoms. The second-order valence-corrected chi connectivity index (χ2v) is 6.97. The van der Waals surface area contributed by atoms with Crippen LogP contribution < -0.4 is 9.47 Å². The first kappa shape index (κ1) is 18.2. The molecule has 0 N–H and O–H groups in total. The van der Waals surface area contributed by atoms with E-state index >= 15 is 0 Å². The summed E-state index contributed by atoms with van der Waals surface area (Å²) < 4.78 is 13.4. The molecule has 3 aromatic rings. The van der Waals surface area contributed by atoms with Crippen LogP contribution in [0.3, 0.4) is 0 Å². The van der Waals surface area contributed by atoms with Crippen LogP contribution in [0, 0.1) is 6.92 Å². The number of benzene rings is 2. The number of hydrogen-bond donors (Lipinski definition) is 0. The predicted octanol–water partition coefficient (Wildman–Crippen LogP) is 3.82. The van der Waals surface area contributed by atoms with Crippen molar-refractivity contribution < 1.29 is 14.3 Å². The Labute approximate surface area is 165 Å². The molecule has 4 rings (SSSR count). The highest BCUT2D eigenvalue weighted by molar-refractivity contribution is 5.79. The smallest absolute Gasteiger partial charge is 0.261 e. The summed E-state index contributed by atoms with van der Waals surface area (Å²) in [4.78, 5) is 15.0. The fraction of sp³-hybridized carbons (Fsp3) is 0.261. The molecule has 0 saturated heterocycles. The quantitative estimate of drug-likeness (QED) is 0.680. The molecule has 1 amide bonds. The maximum atomic E-state index is 13.1. The fourth-order valence-electron chi connectivity index (χ4n) is 3.75. The van der Waals surface area contributed by atoms with Crippen molar-refractivity contribution >= 4 is 5.91 Å². The third kappa shape index (κ3) is 3.48. The van der Waals surface area contributed by atoms with Crippen LogP contribution in [0.4, 0.5) is 0 Å². The first-order valence-electron chi connectivity index (χ1n) is 9.44. The fourth-order valence-corrected chi connectivity index (χ4v) is 3.75. The molecule has 2 heterocycles. The van der Waals surface area contributed by atoms with E-state index in [0.29, 0.717) is 18.0 Å². The lowest BCUT2D eigenvalue weighted by Crippen LogP contribution is -2.44. The van der Waals surface area contributed by atoms with E-state index in [9.17, 15) is 4.79 Å². The van der Waals surface area contributed by atoms with Gasteiger partial charge in [-0.1, -0.05) is 36.4 Å². The van der Waals surface area contributed by atoms with Crippen LogP contribution in [0.2, 0.25) is 0 Å². The van der Waals surface area contributed by atoms with E-state index < -0.39 is 0 Å². The molecule has 0 aliphatic carbocycles. The number of methoxy groups -OCH3 is 1. The Bertz CT molecular complexity index is 965. The number of aryl methyl sites for hydroxylation is 1. The molecule has 5 heteroatoms. The normalized spacial score (nSPS) is 15.8. The molecule has 1 aliphatic rings. The monoisotopic (exact) mass is 376 g/mol. The average Bonchev–Trinajstić information content (AvgIpc) is 3.21. The largest absolute Gasteiger partial charge is 0.493 e. The van der Waals surface area contributed by atoms with Gasteiger partial charge in [-0.05, 0) is 42.3 Å². The van der Waals surface area contributed by atoms with Gasteiger partial charge in [0.25, 0.3) is 5.91 Å². The SMILES string of the molecule is COc1cc(C)ccc1OCC(=O)N1CCn2cccc2C1c1ccccc1. The number of carbonyl (C=O) groups excluding carboxylic acids is 1. The van der Waals surface area contributed by atoms with Crippen LogP contribution in [0.25, 0.3) is 0 Å². The highest BCUT2D eigenvalue weighted by Gasteiger charge is 2.32. The van der Waals surface area contributed by atoms with E-state index in [1.54, 1.807) is 7.11 Å². The van der Waals surface area contributed by atoms with Crippen molar-refractivity contribution in [2.45, 2.75) is 19.5 Å². The van der Waals surface area contributed by atoms with Gasteiger partial charge in [0.2, 0.25) is 0 Å². The summed E-state index contributed by atoms with van der Waals surface area (Å²) in [6, 6.07) is 19.8. The molecular formula is C23H24N2O3. The lowest BCUT2D eigenvalue weighted by molar-refractivity contribution is -0.136. The molecule has 1 unspecified atom stereocenters. The lowest BCUT2D eigenvalue weighted by atomic mass is 10.00. The Hall–Kier alpha value is -3.21. The topological polar surface area (TPSA) is 43.7 Å². The summed E-state index contributed by atoms with van der Waals surface area (Å²) in [5.74, 6) is 1.18. The minimum atomic E-state index is -0.110. The summed E-state index contributed by atoms with van der Waals surface area (Å²) in [6.07, 6.45) is 2.07. The van der Waals surface area contributed by atoms with Gasteiger partial charge < -0.3 is 18.9 Å². The number of ether oxygens (including phenoxy) is 2. The molecular weight excluding hydrogens is 352 g/mol. The van der Waals surface area contributed by atoms with E-state index in [2.05, 4.69) is 29.0 Å². The molecule has 144 valence electrons. The summed E-state index contributed by atoms with van der Waals surface area (Å²) in [5.41, 5.74) is 3.30. The van der Waals surface area contributed by atoms with Crippen molar-refractivity contribution in [3.63, 3.8) is 0 Å². The maximum Gasteiger partial charge on any atom is 0.261 e. The van der Waals surface area contributed by atoms with E-state index in [1.165, 1.54) is 0 Å². The molecule has 1 atom stereocenters. The summed E-state index contributed by atoms with van der Waals surface area (Å²) in [6.45, 7) is 3.40. The zero-order valence-corrected chi connectivity index (χ0v) is 16.2. The van der Waals surface area contributed by atoms with Crippen molar-refractivity contribution in [3.8, 4) is 11.5 Å². The Morgan fingerprint density at radius 1 is 1.04 bits per heavy atom. The van der Waals surface area contributed by atoms with Crippen molar-refractivity contribution in [3.05, 3.63) is 83.7 Å². The molecule has 0 radical (unpaired) electrons. The van der Waals surface area contributed by atoms with Crippen LogP contribution in [0.5, 0.6) is 11.5 Å². The van der Waals surface area contributed by atoms with Gasteiger partial charge in [0, 0.05) is 25.0 Å². The number of rotatable bonds is 5. The van der Waals surface area contributed by atoms with E-state index in [4.69, 9.17) is 9.47 Å². The molecule has 1 aliphatic heterocycles. The number of carbonyl (C=O) groups is 1. The van der Waals surface area contributed by atoms with Crippen molar-refractivity contribution in [2.75, 3.05) is 20.3 Å². The van der Waals surface area contributed by atoms with Crippen molar-refractivity contribution in [1.82, 2.24) is 9.47 Å².